The van der Waals surface area contributed by atoms with Crippen molar-refractivity contribution in [3.63, 3.8) is 0 Å². The van der Waals surface area contributed by atoms with Crippen LogP contribution in [0.15, 0.2) is 42.5 Å². The van der Waals surface area contributed by atoms with Crippen molar-refractivity contribution < 1.29 is 35.9 Å². The van der Waals surface area contributed by atoms with Crippen LogP contribution in [-0.4, -0.2) is 72.1 Å². The Kier molecular flexibility index (Phi) is 8.55. The van der Waals surface area contributed by atoms with Gasteiger partial charge in [0.25, 0.3) is 5.91 Å². The van der Waals surface area contributed by atoms with Gasteiger partial charge in [0.15, 0.2) is 0 Å². The second-order valence-corrected chi connectivity index (χ2v) is 10.9. The number of aromatic nitrogens is 2. The van der Waals surface area contributed by atoms with Crippen molar-refractivity contribution in [2.45, 2.75) is 38.7 Å². The van der Waals surface area contributed by atoms with Crippen LogP contribution in [0.25, 0.3) is 11.3 Å². The second kappa shape index (κ2) is 12.0. The first-order valence-electron chi connectivity index (χ1n) is 13.9. The maximum atomic E-state index is 14.1. The minimum atomic E-state index is -5.00. The number of alkyl halides is 6. The number of fused-ring (bicyclic) bond motifs is 1. The first kappa shape index (κ1) is 30.6. The van der Waals surface area contributed by atoms with Gasteiger partial charge in [-0.2, -0.15) is 31.3 Å². The van der Waals surface area contributed by atoms with Crippen molar-refractivity contribution in [3.05, 3.63) is 70.3 Å². The molecule has 1 fully saturated rings. The lowest BCUT2D eigenvalue weighted by Crippen LogP contribution is -2.36. The molecular weight excluding hydrogens is 576 g/mol. The molecule has 5 rings (SSSR count). The van der Waals surface area contributed by atoms with Gasteiger partial charge >= 0.3 is 12.4 Å². The van der Waals surface area contributed by atoms with Crippen molar-refractivity contribution in [2.75, 3.05) is 51.3 Å². The zero-order valence-corrected chi connectivity index (χ0v) is 23.7. The van der Waals surface area contributed by atoms with Gasteiger partial charge in [-0.3, -0.25) is 4.79 Å². The molecule has 0 spiro atoms. The summed E-state index contributed by atoms with van der Waals surface area (Å²) in [5, 5.41) is 0. The Hall–Kier alpha value is -3.87. The number of hydrogen-bond acceptors (Lipinski definition) is 6. The largest absolute Gasteiger partial charge is 0.477 e. The van der Waals surface area contributed by atoms with Crippen LogP contribution in [0.2, 0.25) is 0 Å². The molecule has 0 bridgehead atoms. The third-order valence-electron chi connectivity index (χ3n) is 7.60. The Morgan fingerprint density at radius 2 is 1.56 bits per heavy atom. The van der Waals surface area contributed by atoms with Gasteiger partial charge in [-0.05, 0) is 62.7 Å². The van der Waals surface area contributed by atoms with Gasteiger partial charge in [-0.15, -0.1) is 0 Å². The van der Waals surface area contributed by atoms with E-state index in [4.69, 9.17) is 9.72 Å². The van der Waals surface area contributed by atoms with E-state index in [2.05, 4.69) is 9.88 Å². The zero-order valence-electron chi connectivity index (χ0n) is 23.7. The number of carbonyl (C=O) groups is 1. The van der Waals surface area contributed by atoms with E-state index in [1.54, 1.807) is 12.1 Å². The van der Waals surface area contributed by atoms with E-state index < -0.39 is 35.9 Å². The van der Waals surface area contributed by atoms with E-state index in [9.17, 15) is 31.1 Å². The summed E-state index contributed by atoms with van der Waals surface area (Å²) >= 11 is 0. The van der Waals surface area contributed by atoms with Crippen molar-refractivity contribution in [1.82, 2.24) is 19.8 Å². The highest BCUT2D eigenvalue weighted by atomic mass is 19.4. The molecule has 3 heterocycles. The van der Waals surface area contributed by atoms with Gasteiger partial charge < -0.3 is 19.4 Å². The molecule has 7 nitrogen and oxygen atoms in total. The van der Waals surface area contributed by atoms with Gasteiger partial charge in [0.2, 0.25) is 11.8 Å². The van der Waals surface area contributed by atoms with Crippen molar-refractivity contribution >= 4 is 11.9 Å². The SMILES string of the molecule is Cc1ccccc1-c1nc(N2CCCN(C)CC2)nc2c1C(=O)N(Cc1cc(C(F)(F)F)cc(C(F)(F)F)c1)CCCO2. The summed E-state index contributed by atoms with van der Waals surface area (Å²) in [6.07, 6.45) is -8.83. The summed E-state index contributed by atoms with van der Waals surface area (Å²) < 4.78 is 87.2. The molecule has 2 aliphatic heterocycles. The quantitative estimate of drug-likeness (QED) is 0.337. The van der Waals surface area contributed by atoms with E-state index in [1.165, 1.54) is 4.90 Å². The maximum Gasteiger partial charge on any atom is 0.416 e. The molecule has 3 aromatic rings. The fraction of sp³-hybridized carbons (Fsp3) is 0.433. The molecule has 0 atom stereocenters. The van der Waals surface area contributed by atoms with Crippen molar-refractivity contribution in [2.24, 2.45) is 0 Å². The summed E-state index contributed by atoms with van der Waals surface area (Å²) in [6, 6.07) is 8.67. The van der Waals surface area contributed by atoms with E-state index in [1.807, 2.05) is 31.0 Å². The molecule has 43 heavy (non-hydrogen) atoms. The summed E-state index contributed by atoms with van der Waals surface area (Å²) in [5.74, 6) is -0.212. The fourth-order valence-electron chi connectivity index (χ4n) is 5.31. The number of rotatable bonds is 4. The molecule has 0 radical (unpaired) electrons. The normalized spacial score (nSPS) is 17.2. The van der Waals surface area contributed by atoms with Gasteiger partial charge in [-0.1, -0.05) is 24.3 Å². The summed E-state index contributed by atoms with van der Waals surface area (Å²) in [4.78, 5) is 29.1. The van der Waals surface area contributed by atoms with Crippen molar-refractivity contribution in [1.29, 1.82) is 0 Å². The summed E-state index contributed by atoms with van der Waals surface area (Å²) in [7, 11) is 2.03. The number of ether oxygens (including phenoxy) is 1. The van der Waals surface area contributed by atoms with Crippen LogP contribution >= 0.6 is 0 Å². The highest BCUT2D eigenvalue weighted by Crippen LogP contribution is 2.38. The van der Waals surface area contributed by atoms with Gasteiger partial charge in [0.05, 0.1) is 23.4 Å². The minimum Gasteiger partial charge on any atom is -0.477 e. The third-order valence-corrected chi connectivity index (χ3v) is 7.60. The lowest BCUT2D eigenvalue weighted by atomic mass is 10.00. The van der Waals surface area contributed by atoms with Crippen LogP contribution < -0.4 is 9.64 Å². The third kappa shape index (κ3) is 6.87. The highest BCUT2D eigenvalue weighted by molar-refractivity contribution is 6.02. The molecule has 0 aliphatic carbocycles. The number of hydrogen-bond donors (Lipinski definition) is 0. The van der Waals surface area contributed by atoms with Crippen LogP contribution in [0.4, 0.5) is 32.3 Å². The molecule has 230 valence electrons. The van der Waals surface area contributed by atoms with Crippen LogP contribution in [0.3, 0.4) is 0 Å². The Morgan fingerprint density at radius 3 is 2.23 bits per heavy atom. The molecule has 0 saturated carbocycles. The Morgan fingerprint density at radius 1 is 0.860 bits per heavy atom. The second-order valence-electron chi connectivity index (χ2n) is 10.9. The van der Waals surface area contributed by atoms with Crippen LogP contribution in [0, 0.1) is 6.92 Å². The molecule has 2 aromatic carbocycles. The van der Waals surface area contributed by atoms with Gasteiger partial charge in [-0.25, -0.2) is 4.98 Å². The first-order chi connectivity index (χ1) is 20.3. The average molecular weight is 608 g/mol. The number of anilines is 1. The average Bonchev–Trinajstić information content (AvgIpc) is 3.16. The predicted molar refractivity (Wildman–Crippen MR) is 148 cm³/mol. The van der Waals surface area contributed by atoms with Crippen LogP contribution in [-0.2, 0) is 18.9 Å². The number of likely N-dealkylation sites (N-methyl/N-ethyl adjacent to an activating group) is 1. The van der Waals surface area contributed by atoms with Crippen LogP contribution in [0.5, 0.6) is 5.88 Å². The van der Waals surface area contributed by atoms with Crippen molar-refractivity contribution in [3.8, 4) is 17.1 Å². The predicted octanol–water partition coefficient (Wildman–Crippen LogP) is 6.06. The summed E-state index contributed by atoms with van der Waals surface area (Å²) in [6.45, 7) is 4.60. The molecule has 1 saturated heterocycles. The number of aryl methyl sites for hydroxylation is 1. The Balaban J connectivity index is 1.60. The Labute approximate surface area is 245 Å². The zero-order chi connectivity index (χ0) is 30.9. The highest BCUT2D eigenvalue weighted by Gasteiger charge is 2.38. The molecule has 0 N–H and O–H groups in total. The molecule has 1 aromatic heterocycles. The first-order valence-corrected chi connectivity index (χ1v) is 13.9. The standard InChI is InChI=1S/C30H31F6N5O2/c1-19-7-3-4-8-23(19)25-24-26(38-28(37-25)40-10-5-9-39(2)12-13-40)43-14-6-11-41(27(24)42)18-20-15-21(29(31,32)33)17-22(16-20)30(34,35)36/h3-4,7-8,15-17H,5-6,9-14,18H2,1-2H3. The molecule has 13 heteroatoms. The number of amides is 1. The molecule has 0 unspecified atom stereocenters. The number of halogens is 6. The topological polar surface area (TPSA) is 61.8 Å². The van der Waals surface area contributed by atoms with E-state index in [0.29, 0.717) is 48.8 Å². The van der Waals surface area contributed by atoms with Gasteiger partial charge in [0.1, 0.15) is 5.56 Å². The lowest BCUT2D eigenvalue weighted by molar-refractivity contribution is -0.143. The summed E-state index contributed by atoms with van der Waals surface area (Å²) in [5.41, 5.74) is -1.37. The Bertz CT molecular complexity index is 1460. The minimum absolute atomic E-state index is 0.0210. The monoisotopic (exact) mass is 607 g/mol. The van der Waals surface area contributed by atoms with E-state index in [0.717, 1.165) is 25.1 Å². The van der Waals surface area contributed by atoms with Gasteiger partial charge in [0, 0.05) is 38.3 Å². The lowest BCUT2D eigenvalue weighted by Gasteiger charge is -2.29. The fourth-order valence-corrected chi connectivity index (χ4v) is 5.31. The molecule has 2 aliphatic rings. The molecular formula is C30H31F6N5O2. The number of carbonyl (C=O) groups excluding carboxylic acids is 1. The van der Waals surface area contributed by atoms with E-state index >= 15 is 0 Å². The van der Waals surface area contributed by atoms with E-state index in [-0.39, 0.29) is 36.2 Å². The smallest absolute Gasteiger partial charge is 0.416 e. The maximum absolute atomic E-state index is 14.1. The number of benzene rings is 2. The van der Waals surface area contributed by atoms with Crippen LogP contribution in [0.1, 0.15) is 45.5 Å². The number of nitrogens with zero attached hydrogens (tertiary/aromatic N) is 5. The molecule has 1 amide bonds.